The smallest absolute Gasteiger partial charge is 0.0991 e. The Morgan fingerprint density at radius 1 is 1.37 bits per heavy atom. The van der Waals surface area contributed by atoms with Crippen LogP contribution in [0.1, 0.15) is 35.7 Å². The van der Waals surface area contributed by atoms with Crippen molar-refractivity contribution >= 4 is 0 Å². The Morgan fingerprint density at radius 2 is 2.26 bits per heavy atom. The number of hydrogen-bond donors (Lipinski definition) is 1. The first kappa shape index (κ1) is 11.9. The number of nitrogens with one attached hydrogen (secondary N) is 1. The Balaban J connectivity index is 1.57. The summed E-state index contributed by atoms with van der Waals surface area (Å²) in [5, 5.41) is 12.3. The van der Waals surface area contributed by atoms with Crippen molar-refractivity contribution in [1.29, 1.82) is 5.26 Å². The van der Waals surface area contributed by atoms with Gasteiger partial charge in [-0.3, -0.25) is 0 Å². The lowest BCUT2D eigenvalue weighted by atomic mass is 10.1. The summed E-state index contributed by atoms with van der Waals surface area (Å²) in [6, 6.07) is 10.5. The maximum absolute atomic E-state index is 8.86. The van der Waals surface area contributed by atoms with Gasteiger partial charge in [0.15, 0.2) is 0 Å². The molecule has 96 valence electrons. The van der Waals surface area contributed by atoms with Gasteiger partial charge in [0.25, 0.3) is 0 Å². The molecule has 1 aliphatic carbocycles. The summed E-state index contributed by atoms with van der Waals surface area (Å²) in [5.74, 6) is 0. The fourth-order valence-corrected chi connectivity index (χ4v) is 2.24. The molecule has 0 saturated heterocycles. The molecule has 19 heavy (non-hydrogen) atoms. The molecular weight excluding hydrogens is 236 g/mol. The van der Waals surface area contributed by atoms with Crippen LogP contribution < -0.4 is 5.32 Å². The number of rotatable bonds is 5. The quantitative estimate of drug-likeness (QED) is 0.889. The van der Waals surface area contributed by atoms with Crippen molar-refractivity contribution in [2.24, 2.45) is 0 Å². The zero-order valence-electron chi connectivity index (χ0n) is 10.7. The van der Waals surface area contributed by atoms with Crippen molar-refractivity contribution in [3.05, 3.63) is 53.6 Å². The normalized spacial score (nSPS) is 14.3. The van der Waals surface area contributed by atoms with Gasteiger partial charge in [-0.05, 0) is 30.5 Å². The van der Waals surface area contributed by atoms with Crippen LogP contribution in [-0.2, 0) is 13.1 Å². The molecule has 1 aromatic heterocycles. The van der Waals surface area contributed by atoms with Gasteiger partial charge in [-0.2, -0.15) is 5.26 Å². The van der Waals surface area contributed by atoms with E-state index in [9.17, 15) is 0 Å². The van der Waals surface area contributed by atoms with E-state index in [1.807, 2.05) is 36.8 Å². The molecule has 2 aromatic rings. The highest BCUT2D eigenvalue weighted by Gasteiger charge is 2.24. The average molecular weight is 252 g/mol. The van der Waals surface area contributed by atoms with E-state index in [0.29, 0.717) is 11.6 Å². The highest BCUT2D eigenvalue weighted by atomic mass is 15.1. The lowest BCUT2D eigenvalue weighted by Gasteiger charge is -2.08. The second-order valence-electron chi connectivity index (χ2n) is 4.94. The summed E-state index contributed by atoms with van der Waals surface area (Å²) in [6.45, 7) is 1.58. The third-order valence-corrected chi connectivity index (χ3v) is 3.38. The third kappa shape index (κ3) is 2.83. The number of nitrogens with zero attached hydrogens (tertiary/aromatic N) is 3. The lowest BCUT2D eigenvalue weighted by Crippen LogP contribution is -2.15. The minimum atomic E-state index is 0.668. The van der Waals surface area contributed by atoms with E-state index >= 15 is 0 Å². The van der Waals surface area contributed by atoms with Crippen molar-refractivity contribution in [2.45, 2.75) is 32.0 Å². The van der Waals surface area contributed by atoms with Gasteiger partial charge in [0.1, 0.15) is 0 Å². The van der Waals surface area contributed by atoms with Gasteiger partial charge in [-0.25, -0.2) is 4.98 Å². The van der Waals surface area contributed by atoms with Gasteiger partial charge in [0, 0.05) is 25.3 Å². The van der Waals surface area contributed by atoms with E-state index < -0.39 is 0 Å². The fourth-order valence-electron chi connectivity index (χ4n) is 2.24. The zero-order chi connectivity index (χ0) is 13.1. The van der Waals surface area contributed by atoms with E-state index in [-0.39, 0.29) is 0 Å². The van der Waals surface area contributed by atoms with Crippen molar-refractivity contribution in [3.63, 3.8) is 0 Å². The average Bonchev–Trinajstić information content (AvgIpc) is 3.19. The summed E-state index contributed by atoms with van der Waals surface area (Å²) in [4.78, 5) is 4.22. The van der Waals surface area contributed by atoms with Gasteiger partial charge in [0.05, 0.1) is 23.7 Å². The first-order valence-corrected chi connectivity index (χ1v) is 6.57. The predicted molar refractivity (Wildman–Crippen MR) is 72.2 cm³/mol. The minimum Gasteiger partial charge on any atom is -0.330 e. The number of nitriles is 1. The van der Waals surface area contributed by atoms with Crippen LogP contribution in [0.2, 0.25) is 0 Å². The molecule has 4 nitrogen and oxygen atoms in total. The fraction of sp³-hybridized carbons (Fsp3) is 0.333. The summed E-state index contributed by atoms with van der Waals surface area (Å²) in [6.07, 6.45) is 6.39. The summed E-state index contributed by atoms with van der Waals surface area (Å²) < 4.78 is 2.26. The van der Waals surface area contributed by atoms with Crippen LogP contribution >= 0.6 is 0 Å². The Labute approximate surface area is 112 Å². The van der Waals surface area contributed by atoms with E-state index in [4.69, 9.17) is 5.26 Å². The van der Waals surface area contributed by atoms with Gasteiger partial charge in [0.2, 0.25) is 0 Å². The van der Waals surface area contributed by atoms with E-state index in [2.05, 4.69) is 20.9 Å². The standard InChI is InChI=1S/C15H16N4/c16-7-12-2-1-3-13(6-12)8-17-9-15-10-18-11-19(15)14-4-5-14/h1-3,6,10-11,14,17H,4-5,8-9H2. The van der Waals surface area contributed by atoms with Crippen molar-refractivity contribution in [1.82, 2.24) is 14.9 Å². The molecule has 1 saturated carbocycles. The molecule has 0 aliphatic heterocycles. The molecule has 0 spiro atoms. The van der Waals surface area contributed by atoms with Crippen LogP contribution in [0.4, 0.5) is 0 Å². The van der Waals surface area contributed by atoms with Gasteiger partial charge < -0.3 is 9.88 Å². The second-order valence-corrected chi connectivity index (χ2v) is 4.94. The van der Waals surface area contributed by atoms with Crippen molar-refractivity contribution < 1.29 is 0 Å². The molecule has 3 rings (SSSR count). The van der Waals surface area contributed by atoms with Crippen LogP contribution in [0.15, 0.2) is 36.8 Å². The molecule has 1 heterocycles. The molecule has 1 N–H and O–H groups in total. The molecule has 0 amide bonds. The third-order valence-electron chi connectivity index (χ3n) is 3.38. The topological polar surface area (TPSA) is 53.6 Å². The number of hydrogen-bond acceptors (Lipinski definition) is 3. The Morgan fingerprint density at radius 3 is 3.05 bits per heavy atom. The maximum Gasteiger partial charge on any atom is 0.0991 e. The number of imidazole rings is 1. The molecular formula is C15H16N4. The Hall–Kier alpha value is -2.12. The first-order chi connectivity index (χ1) is 9.36. The largest absolute Gasteiger partial charge is 0.330 e. The second kappa shape index (κ2) is 5.25. The van der Waals surface area contributed by atoms with Crippen LogP contribution in [0, 0.1) is 11.3 Å². The minimum absolute atomic E-state index is 0.668. The first-order valence-electron chi connectivity index (χ1n) is 6.57. The van der Waals surface area contributed by atoms with Gasteiger partial charge in [-0.1, -0.05) is 12.1 Å². The maximum atomic E-state index is 8.86. The Kier molecular flexibility index (Phi) is 3.30. The van der Waals surface area contributed by atoms with Crippen LogP contribution in [0.25, 0.3) is 0 Å². The SMILES string of the molecule is N#Cc1cccc(CNCc2cncn2C2CC2)c1. The molecule has 1 aromatic carbocycles. The highest BCUT2D eigenvalue weighted by Crippen LogP contribution is 2.35. The van der Waals surface area contributed by atoms with Crippen LogP contribution in [0.3, 0.4) is 0 Å². The van der Waals surface area contributed by atoms with Crippen LogP contribution in [-0.4, -0.2) is 9.55 Å². The molecule has 0 atom stereocenters. The molecule has 1 aliphatic rings. The van der Waals surface area contributed by atoms with Crippen LogP contribution in [0.5, 0.6) is 0 Å². The molecule has 4 heteroatoms. The van der Waals surface area contributed by atoms with E-state index in [0.717, 1.165) is 18.7 Å². The van der Waals surface area contributed by atoms with Crippen molar-refractivity contribution in [3.8, 4) is 6.07 Å². The predicted octanol–water partition coefficient (Wildman–Crippen LogP) is 2.38. The lowest BCUT2D eigenvalue weighted by molar-refractivity contribution is 0.621. The highest BCUT2D eigenvalue weighted by molar-refractivity contribution is 5.32. The van der Waals surface area contributed by atoms with Gasteiger partial charge >= 0.3 is 0 Å². The molecule has 0 radical (unpaired) electrons. The number of aromatic nitrogens is 2. The van der Waals surface area contributed by atoms with Crippen molar-refractivity contribution in [2.75, 3.05) is 0 Å². The molecule has 0 unspecified atom stereocenters. The van der Waals surface area contributed by atoms with E-state index in [1.165, 1.54) is 18.5 Å². The Bertz CT molecular complexity index is 605. The monoisotopic (exact) mass is 252 g/mol. The molecule has 0 bridgehead atoms. The zero-order valence-corrected chi connectivity index (χ0v) is 10.7. The summed E-state index contributed by atoms with van der Waals surface area (Å²) in [7, 11) is 0. The molecule has 1 fully saturated rings. The summed E-state index contributed by atoms with van der Waals surface area (Å²) in [5.41, 5.74) is 3.08. The van der Waals surface area contributed by atoms with Gasteiger partial charge in [-0.15, -0.1) is 0 Å². The summed E-state index contributed by atoms with van der Waals surface area (Å²) >= 11 is 0. The number of benzene rings is 1. The van der Waals surface area contributed by atoms with E-state index in [1.54, 1.807) is 0 Å².